The summed E-state index contributed by atoms with van der Waals surface area (Å²) >= 11 is 44.2. The highest BCUT2D eigenvalue weighted by Crippen LogP contribution is 2.60. The SMILES string of the molecule is CSc1ccc(C2=C(c3ccc(SC)s3)C3=C(c4ccc(SC)s4)c4[nH]c(c(-c5ccc(SC)s5)c4-c4ccc(SC)s4)C(c4ccc(SC)s4)=C4N=C(C(c5ccc(SC)s5)=C4c4ccc(SC)s4)C(c4ccc(SC)s4)=c4[nH]c(c(-c5ccc(SC)s5)c4-c4ccc(SC)s4)=C(c4ccc(SC)s4)C2=N3)s1. The van der Waals surface area contributed by atoms with Crippen LogP contribution in [0.4, 0.5) is 0 Å². The number of aliphatic imine (C=N–C) groups is 2. The van der Waals surface area contributed by atoms with Crippen molar-refractivity contribution in [3.8, 4) is 41.8 Å². The van der Waals surface area contributed by atoms with Crippen LogP contribution >= 0.6 is 277 Å². The Morgan fingerprint density at radius 2 is 0.380 bits per heavy atom. The molecule has 0 fully saturated rings. The summed E-state index contributed by atoms with van der Waals surface area (Å²) in [7, 11) is 0. The summed E-state index contributed by atoms with van der Waals surface area (Å²) in [5.74, 6) is 0. The van der Waals surface area contributed by atoms with Crippen LogP contribution in [0.15, 0.2) is 217 Å². The zero-order valence-electron chi connectivity index (χ0n) is 59.5. The van der Waals surface area contributed by atoms with E-state index in [0.29, 0.717) is 0 Å². The molecular formula is C80H62N4S24. The van der Waals surface area contributed by atoms with Gasteiger partial charge in [-0.25, -0.2) is 9.98 Å². The minimum absolute atomic E-state index is 0.935. The van der Waals surface area contributed by atoms with Crippen molar-refractivity contribution < 1.29 is 0 Å². The van der Waals surface area contributed by atoms with E-state index in [9.17, 15) is 0 Å². The van der Waals surface area contributed by atoms with Crippen LogP contribution < -0.4 is 10.7 Å². The van der Waals surface area contributed by atoms with Crippen molar-refractivity contribution in [2.75, 3.05) is 75.1 Å². The van der Waals surface area contributed by atoms with E-state index in [4.69, 9.17) is 9.98 Å². The van der Waals surface area contributed by atoms with Gasteiger partial charge in [-0.1, -0.05) is 0 Å². The second kappa shape index (κ2) is 33.8. The molecule has 28 heteroatoms. The maximum absolute atomic E-state index is 6.74. The molecular weight excluding hydrogens is 1790 g/mol. The number of H-pyrrole nitrogens is 2. The van der Waals surface area contributed by atoms with Gasteiger partial charge >= 0.3 is 0 Å². The number of aromatic amines is 2. The number of allylic oxidation sites excluding steroid dienone is 4. The molecule has 2 N–H and O–H groups in total. The van der Waals surface area contributed by atoms with Gasteiger partial charge in [-0.05, 0) is 221 Å². The highest BCUT2D eigenvalue weighted by Gasteiger charge is 2.42. The molecule has 14 aromatic rings. The Balaban J connectivity index is 1.24. The van der Waals surface area contributed by atoms with Crippen LogP contribution in [-0.4, -0.2) is 96.5 Å². The zero-order valence-corrected chi connectivity index (χ0v) is 79.1. The van der Waals surface area contributed by atoms with Gasteiger partial charge in [0, 0.05) is 125 Å². The predicted octanol–water partition coefficient (Wildman–Crippen LogP) is 30.2. The Hall–Kier alpha value is -2.80. The van der Waals surface area contributed by atoms with E-state index >= 15 is 0 Å². The van der Waals surface area contributed by atoms with Gasteiger partial charge in [0.25, 0.3) is 0 Å². The van der Waals surface area contributed by atoms with Crippen LogP contribution in [0.3, 0.4) is 0 Å². The maximum Gasteiger partial charge on any atom is 0.0839 e. The van der Waals surface area contributed by atoms with Gasteiger partial charge < -0.3 is 9.97 Å². The van der Waals surface area contributed by atoms with Crippen LogP contribution in [0.25, 0.3) is 86.3 Å². The van der Waals surface area contributed by atoms with Crippen LogP contribution in [-0.2, 0) is 0 Å². The molecule has 0 unspecified atom stereocenters. The lowest BCUT2D eigenvalue weighted by atomic mass is 9.91. The Bertz CT molecular complexity index is 5780. The highest BCUT2D eigenvalue weighted by molar-refractivity contribution is 8.03. The molecule has 0 amide bonds. The first kappa shape index (κ1) is 77.8. The number of thiophene rings is 12. The molecule has 108 heavy (non-hydrogen) atoms. The molecule has 14 aromatic heterocycles. The van der Waals surface area contributed by atoms with Crippen molar-refractivity contribution in [2.45, 2.75) is 50.5 Å². The topological polar surface area (TPSA) is 56.3 Å². The molecule has 16 heterocycles. The summed E-state index contributed by atoms with van der Waals surface area (Å²) in [6, 6.07) is 56.7. The fourth-order valence-electron chi connectivity index (χ4n) is 13.5. The van der Waals surface area contributed by atoms with Gasteiger partial charge in [-0.3, -0.25) is 0 Å². The summed E-state index contributed by atoms with van der Waals surface area (Å²) < 4.78 is 14.9. The number of rotatable bonds is 24. The van der Waals surface area contributed by atoms with Crippen molar-refractivity contribution in [3.05, 3.63) is 218 Å². The van der Waals surface area contributed by atoms with Gasteiger partial charge in [-0.15, -0.1) is 277 Å². The van der Waals surface area contributed by atoms with Crippen LogP contribution in [0.5, 0.6) is 0 Å². The third kappa shape index (κ3) is 14.4. The summed E-state index contributed by atoms with van der Waals surface area (Å²) in [6.07, 6.45) is 26.6. The molecule has 1 aliphatic carbocycles. The number of hydrogen-bond acceptors (Lipinski definition) is 26. The third-order valence-electron chi connectivity index (χ3n) is 18.2. The number of nitrogens with zero attached hydrogens (tertiary/aromatic N) is 2. The third-order valence-corrected chi connectivity index (χ3v) is 44.4. The quantitative estimate of drug-likeness (QED) is 0.0567. The van der Waals surface area contributed by atoms with Crippen LogP contribution in [0.1, 0.15) is 50.4 Å². The summed E-state index contributed by atoms with van der Waals surface area (Å²) in [4.78, 5) is 36.8. The summed E-state index contributed by atoms with van der Waals surface area (Å²) in [6.45, 7) is 0. The van der Waals surface area contributed by atoms with Gasteiger partial charge in [0.1, 0.15) is 0 Å². The average Bonchev–Trinajstić information content (AvgIpc) is 1.54. The molecule has 0 spiro atoms. The molecule has 0 aromatic carbocycles. The van der Waals surface area contributed by atoms with E-state index in [1.165, 1.54) is 89.5 Å². The van der Waals surface area contributed by atoms with E-state index in [1.54, 1.807) is 47.0 Å². The molecule has 0 saturated heterocycles. The van der Waals surface area contributed by atoms with E-state index in [0.717, 1.165) is 131 Å². The van der Waals surface area contributed by atoms with Crippen molar-refractivity contribution >= 4 is 333 Å². The number of thioether (sulfide) groups is 12. The number of hydrogen-bond donors (Lipinski definition) is 2. The highest BCUT2D eigenvalue weighted by atomic mass is 32.2. The monoisotopic (exact) mass is 1850 g/mol. The molecule has 0 atom stereocenters. The summed E-state index contributed by atoms with van der Waals surface area (Å²) in [5.41, 5.74) is 19.1. The predicted molar refractivity (Wildman–Crippen MR) is 516 cm³/mol. The number of fused-ring (bicyclic) bond motifs is 10. The van der Waals surface area contributed by atoms with Crippen molar-refractivity contribution in [1.82, 2.24) is 9.97 Å². The van der Waals surface area contributed by atoms with Crippen LogP contribution in [0.2, 0.25) is 0 Å². The normalized spacial score (nSPS) is 14.1. The van der Waals surface area contributed by atoms with E-state index in [2.05, 4.69) is 231 Å². The smallest absolute Gasteiger partial charge is 0.0839 e. The first-order valence-electron chi connectivity index (χ1n) is 33.1. The van der Waals surface area contributed by atoms with Crippen molar-refractivity contribution in [3.63, 3.8) is 0 Å². The second-order valence-corrected chi connectivity index (χ2v) is 50.0. The van der Waals surface area contributed by atoms with Crippen molar-refractivity contribution in [2.24, 2.45) is 9.98 Å². The van der Waals surface area contributed by atoms with E-state index in [-0.39, 0.29) is 0 Å². The maximum atomic E-state index is 6.74. The van der Waals surface area contributed by atoms with Gasteiger partial charge in [0.15, 0.2) is 0 Å². The lowest BCUT2D eigenvalue weighted by Crippen LogP contribution is -2.23. The second-order valence-electron chi connectivity index (χ2n) is 23.7. The lowest BCUT2D eigenvalue weighted by molar-refractivity contribution is 1.26. The van der Waals surface area contributed by atoms with Crippen LogP contribution in [0, 0.1) is 0 Å². The van der Waals surface area contributed by atoms with E-state index in [1.807, 2.05) is 230 Å². The fraction of sp³-hybridized carbons (Fsp3) is 0.150. The molecule has 4 nitrogen and oxygen atoms in total. The van der Waals surface area contributed by atoms with Gasteiger partial charge in [0.05, 0.1) is 95.4 Å². The molecule has 8 bridgehead atoms. The Labute approximate surface area is 728 Å². The number of aromatic nitrogens is 2. The summed E-state index contributed by atoms with van der Waals surface area (Å²) in [5, 5.41) is 2.05. The molecule has 2 aliphatic heterocycles. The zero-order chi connectivity index (χ0) is 74.2. The Morgan fingerprint density at radius 3 is 0.602 bits per heavy atom. The lowest BCUT2D eigenvalue weighted by Gasteiger charge is -2.14. The molecule has 3 aliphatic rings. The molecule has 546 valence electrons. The minimum Gasteiger partial charge on any atom is -0.353 e. The largest absolute Gasteiger partial charge is 0.353 e. The minimum atomic E-state index is 0.935. The standard InChI is InChI=1S/C80H62N4S24/c1-85-49-25-13-37(97-49)61-62(38-14-26-50(86-2)98-38)74-70(46-22-34-58(94-10)106-46)76-65(41-17-29-53(89-5)101-41)66(42-18-30-54(90-6)102-42)78(83-76)72(48-24-36-60(96-12)108-48)80-68(44-20-32-56(92-8)104-44)67(43-19-31-55(91-7)103-43)79(84-80)71(47-23-35-59(95-11)107-47)77-64(40-16-28-52(88-4)100-40)63(39-15-27-51(87-3)99-39)75(82-77)69(73(61)81-74)45-21-33-57(93-9)105-45/h13-36,81,84H,1-12H3. The molecule has 0 radical (unpaired) electrons. The molecule has 0 saturated carbocycles. The average molecular weight is 1850 g/mol. The van der Waals surface area contributed by atoms with Gasteiger partial charge in [0.2, 0.25) is 0 Å². The Kier molecular flexibility index (Phi) is 24.3. The van der Waals surface area contributed by atoms with Crippen molar-refractivity contribution in [1.29, 1.82) is 0 Å². The molecule has 17 rings (SSSR count). The number of nitrogens with one attached hydrogen (secondary N) is 2. The Morgan fingerprint density at radius 1 is 0.194 bits per heavy atom. The first-order chi connectivity index (χ1) is 52.9. The van der Waals surface area contributed by atoms with E-state index < -0.39 is 0 Å². The first-order valence-corrected chi connectivity index (χ1v) is 57.6. The van der Waals surface area contributed by atoms with Gasteiger partial charge in [-0.2, -0.15) is 0 Å². The fourth-order valence-corrected chi connectivity index (χ4v) is 32.7.